The summed E-state index contributed by atoms with van der Waals surface area (Å²) in [7, 11) is 0. The van der Waals surface area contributed by atoms with Crippen LogP contribution in [0.2, 0.25) is 0 Å². The van der Waals surface area contributed by atoms with Crippen LogP contribution < -0.4 is 0 Å². The van der Waals surface area contributed by atoms with Crippen molar-refractivity contribution in [1.82, 2.24) is 0 Å². The predicted molar refractivity (Wildman–Crippen MR) is 107 cm³/mol. The third kappa shape index (κ3) is 3.99. The summed E-state index contributed by atoms with van der Waals surface area (Å²) in [4.78, 5) is -5.77. The first-order valence-electron chi connectivity index (χ1n) is 9.47. The summed E-state index contributed by atoms with van der Waals surface area (Å²) in [5, 5.41) is -4.26. The summed E-state index contributed by atoms with van der Waals surface area (Å²) >= 11 is 2.06. The Hall–Kier alpha value is -3.21. The van der Waals surface area contributed by atoms with E-state index >= 15 is 8.78 Å². The number of hydrogen-bond acceptors (Lipinski definition) is 2. The number of benzene rings is 4. The summed E-state index contributed by atoms with van der Waals surface area (Å²) in [6, 6.07) is 0. The van der Waals surface area contributed by atoms with Gasteiger partial charge in [0, 0.05) is 16.3 Å². The Balaban J connectivity index is 2.26. The molecule has 0 spiro atoms. The average Bonchev–Trinajstić information content (AvgIpc) is 2.91. The largest absolute Gasteiger partial charge is 0.203 e. The second-order valence-corrected chi connectivity index (χ2v) is 8.79. The molecule has 0 aliphatic rings. The summed E-state index contributed by atoms with van der Waals surface area (Å²) in [6.45, 7) is 0. The molecule has 4 aromatic rings. The highest BCUT2D eigenvalue weighted by Gasteiger charge is 2.36. The fourth-order valence-corrected chi connectivity index (χ4v) is 4.69. The van der Waals surface area contributed by atoms with Crippen molar-refractivity contribution in [3.63, 3.8) is 0 Å². The fraction of sp³-hybridized carbons (Fsp3) is 0. The van der Waals surface area contributed by atoms with Gasteiger partial charge >= 0.3 is 0 Å². The lowest BCUT2D eigenvalue weighted by molar-refractivity contribution is 0.360. The average molecular weight is 614 g/mol. The molecule has 0 unspecified atom stereocenters. The van der Waals surface area contributed by atoms with Crippen LogP contribution >= 0.6 is 24.4 Å². The molecule has 0 N–H and O–H groups in total. The van der Waals surface area contributed by atoms with Gasteiger partial charge in [0.15, 0.2) is 81.4 Å². The summed E-state index contributed by atoms with van der Waals surface area (Å²) in [5.41, 5.74) is -4.60. The zero-order chi connectivity index (χ0) is 29.4. The lowest BCUT2D eigenvalue weighted by atomic mass is 9.94. The van der Waals surface area contributed by atoms with Crippen LogP contribution in [0.25, 0.3) is 21.9 Å². The number of thiol groups is 1. The quantitative estimate of drug-likeness (QED) is 0.104. The Morgan fingerprint density at radius 3 is 1.10 bits per heavy atom. The van der Waals surface area contributed by atoms with Crippen LogP contribution in [0.1, 0.15) is 0 Å². The van der Waals surface area contributed by atoms with Gasteiger partial charge in [-0.1, -0.05) is 11.8 Å². The lowest BCUT2D eigenvalue weighted by Gasteiger charge is -2.18. The van der Waals surface area contributed by atoms with Crippen molar-refractivity contribution >= 4 is 35.2 Å². The Kier molecular flexibility index (Phi) is 7.21. The van der Waals surface area contributed by atoms with Crippen molar-refractivity contribution in [1.29, 1.82) is 0 Å². The highest BCUT2D eigenvalue weighted by Crippen LogP contribution is 2.48. The van der Waals surface area contributed by atoms with Crippen molar-refractivity contribution < 1.29 is 65.9 Å². The van der Waals surface area contributed by atoms with Crippen molar-refractivity contribution in [3.05, 3.63) is 87.3 Å². The monoisotopic (exact) mass is 614 g/mol. The van der Waals surface area contributed by atoms with Crippen LogP contribution in [-0.2, 0) is 0 Å². The van der Waals surface area contributed by atoms with Gasteiger partial charge in [0.2, 0.25) is 5.82 Å². The van der Waals surface area contributed by atoms with Crippen molar-refractivity contribution in [2.24, 2.45) is 0 Å². The molecule has 0 aromatic heterocycles. The number of fused-ring (bicyclic) bond motifs is 1. The summed E-state index contributed by atoms with van der Waals surface area (Å²) in [5.74, 6) is -40.1. The molecule has 4 rings (SSSR count). The highest BCUT2D eigenvalue weighted by molar-refractivity contribution is 7.99. The molecular weight excluding hydrogens is 613 g/mol. The van der Waals surface area contributed by atoms with Crippen molar-refractivity contribution in [2.45, 2.75) is 14.7 Å². The van der Waals surface area contributed by atoms with E-state index in [-0.39, 0.29) is 0 Å². The van der Waals surface area contributed by atoms with E-state index in [2.05, 4.69) is 12.6 Å². The van der Waals surface area contributed by atoms with E-state index in [0.29, 0.717) is 0 Å². The smallest absolute Gasteiger partial charge is 0.200 e. The lowest BCUT2D eigenvalue weighted by Crippen LogP contribution is -2.09. The van der Waals surface area contributed by atoms with Gasteiger partial charge in [-0.15, -0.1) is 12.6 Å². The minimum Gasteiger partial charge on any atom is -0.203 e. The third-order valence-corrected chi connectivity index (χ3v) is 6.76. The van der Waals surface area contributed by atoms with Gasteiger partial charge in [0.1, 0.15) is 0 Å². The second kappa shape index (κ2) is 9.76. The molecule has 0 atom stereocenters. The van der Waals surface area contributed by atoms with Gasteiger partial charge in [-0.05, 0) is 0 Å². The van der Waals surface area contributed by atoms with E-state index in [1.165, 1.54) is 0 Å². The third-order valence-electron chi connectivity index (χ3n) is 5.22. The summed E-state index contributed by atoms with van der Waals surface area (Å²) < 4.78 is 214. The maximum Gasteiger partial charge on any atom is 0.200 e. The SMILES string of the molecule is Fc1c(F)c(F)c(Sc2c(F)c(F)c(-c3c(F)c(F)c(S)c(F)c3F)c3c(F)c(F)c(F)c(F)c23)c(F)c1F. The maximum absolute atomic E-state index is 15.2. The van der Waals surface area contributed by atoms with Crippen molar-refractivity contribution in [3.8, 4) is 11.1 Å². The molecule has 0 heterocycles. The van der Waals surface area contributed by atoms with Gasteiger partial charge in [0.25, 0.3) is 0 Å². The standard InChI is InChI=1S/C22HF15S2/c23-5-2-1(3-7(25)15(33)20(38)16(34)8(3)26)6(24)17(35)21(4(2)9(27)11(29)10(5)28)39-22-18(36)13(31)12(30)14(32)19(22)37/h38H. The maximum atomic E-state index is 15.2. The molecule has 0 saturated heterocycles. The first kappa shape index (κ1) is 28.8. The topological polar surface area (TPSA) is 0 Å². The highest BCUT2D eigenvalue weighted by atomic mass is 32.2. The zero-order valence-electron chi connectivity index (χ0n) is 17.5. The molecule has 17 heteroatoms. The van der Waals surface area contributed by atoms with Crippen LogP contribution in [0.5, 0.6) is 0 Å². The Morgan fingerprint density at radius 1 is 0.308 bits per heavy atom. The molecule has 0 aliphatic heterocycles. The van der Waals surface area contributed by atoms with Gasteiger partial charge in [-0.25, -0.2) is 65.9 Å². The Bertz CT molecular complexity index is 1690. The number of halogens is 15. The predicted octanol–water partition coefficient (Wildman–Crippen LogP) is 9.03. The molecule has 0 aliphatic carbocycles. The second-order valence-electron chi connectivity index (χ2n) is 7.32. The molecule has 0 radical (unpaired) electrons. The Labute approximate surface area is 214 Å². The number of hydrogen-bond donors (Lipinski definition) is 1. The van der Waals surface area contributed by atoms with E-state index in [0.717, 1.165) is 0 Å². The first-order valence-corrected chi connectivity index (χ1v) is 10.7. The Morgan fingerprint density at radius 2 is 0.641 bits per heavy atom. The minimum atomic E-state index is -2.84. The van der Waals surface area contributed by atoms with Crippen LogP contribution in [0.4, 0.5) is 65.9 Å². The fourth-order valence-electron chi connectivity index (χ4n) is 3.46. The normalized spacial score (nSPS) is 11.7. The molecule has 0 fully saturated rings. The van der Waals surface area contributed by atoms with Gasteiger partial charge in [-0.2, -0.15) is 0 Å². The van der Waals surface area contributed by atoms with Crippen LogP contribution in [0.3, 0.4) is 0 Å². The van der Waals surface area contributed by atoms with Crippen LogP contribution in [-0.4, -0.2) is 0 Å². The van der Waals surface area contributed by atoms with Crippen LogP contribution in [0.15, 0.2) is 14.7 Å². The molecule has 0 nitrogen and oxygen atoms in total. The van der Waals surface area contributed by atoms with E-state index in [1.54, 1.807) is 0 Å². The van der Waals surface area contributed by atoms with E-state index in [1.807, 2.05) is 0 Å². The van der Waals surface area contributed by atoms with Crippen LogP contribution in [0, 0.1) is 87.3 Å². The molecule has 0 amide bonds. The molecule has 206 valence electrons. The van der Waals surface area contributed by atoms with Gasteiger partial charge in [-0.3, -0.25) is 0 Å². The van der Waals surface area contributed by atoms with Gasteiger partial charge < -0.3 is 0 Å². The zero-order valence-corrected chi connectivity index (χ0v) is 19.2. The molecule has 4 aromatic carbocycles. The molecule has 0 saturated carbocycles. The van der Waals surface area contributed by atoms with Crippen molar-refractivity contribution in [2.75, 3.05) is 0 Å². The summed E-state index contributed by atoms with van der Waals surface area (Å²) in [6.07, 6.45) is 0. The van der Waals surface area contributed by atoms with E-state index in [4.69, 9.17) is 0 Å². The molecular formula is C22HF15S2. The number of rotatable bonds is 3. The first-order chi connectivity index (χ1) is 18.1. The van der Waals surface area contributed by atoms with Gasteiger partial charge in [0.05, 0.1) is 20.2 Å². The molecule has 39 heavy (non-hydrogen) atoms. The van der Waals surface area contributed by atoms with E-state index in [9.17, 15) is 57.1 Å². The van der Waals surface area contributed by atoms with E-state index < -0.39 is 136 Å². The minimum absolute atomic E-state index is 1.05. The molecule has 0 bridgehead atoms.